The lowest BCUT2D eigenvalue weighted by Crippen LogP contribution is -2.55. The van der Waals surface area contributed by atoms with Crippen molar-refractivity contribution in [1.82, 2.24) is 0 Å². The fraction of sp³-hybridized carbons (Fsp3) is 0. The Bertz CT molecular complexity index is 2210. The number of rotatable bonds is 4. The Kier molecular flexibility index (Phi) is 8.27. The molecule has 0 radical (unpaired) electrons. The predicted octanol–water partition coefficient (Wildman–Crippen LogP) is -6.75. The van der Waals surface area contributed by atoms with Gasteiger partial charge in [-0.05, 0) is 78.2 Å². The van der Waals surface area contributed by atoms with Crippen LogP contribution in [-0.4, -0.2) is 78.5 Å². The lowest BCUT2D eigenvalue weighted by atomic mass is 9.58. The summed E-state index contributed by atoms with van der Waals surface area (Å²) in [6.45, 7) is 0. The fourth-order valence-corrected chi connectivity index (χ4v) is 8.14. The van der Waals surface area contributed by atoms with E-state index < -0.39 is 0 Å². The Morgan fingerprint density at radius 2 is 0.521 bits per heavy atom. The summed E-state index contributed by atoms with van der Waals surface area (Å²) in [7, 11) is 23.1. The van der Waals surface area contributed by atoms with Crippen LogP contribution < -0.4 is 54.6 Å². The van der Waals surface area contributed by atoms with Gasteiger partial charge in [0.05, 0.1) is 0 Å². The van der Waals surface area contributed by atoms with E-state index in [4.69, 9.17) is 0 Å². The molecule has 0 N–H and O–H groups in total. The van der Waals surface area contributed by atoms with E-state index >= 15 is 0 Å². The van der Waals surface area contributed by atoms with E-state index in [9.17, 15) is 0 Å². The van der Waals surface area contributed by atoms with Gasteiger partial charge in [-0.1, -0.05) is 107 Å². The molecule has 10 heteroatoms. The summed E-state index contributed by atoms with van der Waals surface area (Å²) in [5.74, 6) is 0. The molecule has 0 aliphatic heterocycles. The van der Waals surface area contributed by atoms with E-state index in [1.165, 1.54) is 121 Å². The third-order valence-corrected chi connectivity index (χ3v) is 11.8. The van der Waals surface area contributed by atoms with Gasteiger partial charge in [-0.25, -0.2) is 0 Å². The number of benzene rings is 7. The number of fused-ring (bicyclic) bond motifs is 2. The first kappa shape index (κ1) is 32.3. The van der Waals surface area contributed by atoms with Gasteiger partial charge >= 0.3 is 0 Å². The third-order valence-electron chi connectivity index (χ3n) is 11.8. The van der Waals surface area contributed by atoms with Crippen molar-refractivity contribution in [3.8, 4) is 44.5 Å². The predicted molar refractivity (Wildman–Crippen MR) is 245 cm³/mol. The maximum atomic E-state index is 2.47. The molecule has 7 aromatic rings. The highest BCUT2D eigenvalue weighted by Crippen LogP contribution is 2.44. The van der Waals surface area contributed by atoms with Crippen LogP contribution in [0.3, 0.4) is 0 Å². The maximum Gasteiger partial charge on any atom is 0.139 e. The van der Waals surface area contributed by atoms with Crippen molar-refractivity contribution in [2.24, 2.45) is 0 Å². The van der Waals surface area contributed by atoms with Gasteiger partial charge in [0, 0.05) is 0 Å². The van der Waals surface area contributed by atoms with Gasteiger partial charge in [-0.15, -0.1) is 32.8 Å². The monoisotopic (exact) mass is 602 g/mol. The second kappa shape index (κ2) is 12.3. The minimum atomic E-state index is 1.24. The standard InChI is InChI=1S/C38H36B10/c39-29-27(30(40)34(44)37(47)33(29)43)25-22-14-12-20(18-9-5-2-6-10-18)16-24(22)26(28-31(41)35(45)38(48)36(46)32(28)42)21-13-11-19(15-23(21)25)17-7-3-1-4-8-17/h1-16H,39-48H2. The summed E-state index contributed by atoms with van der Waals surface area (Å²) in [4.78, 5) is 0. The van der Waals surface area contributed by atoms with Crippen molar-refractivity contribution >= 4 is 155 Å². The zero-order chi connectivity index (χ0) is 34.0. The second-order valence-electron chi connectivity index (χ2n) is 14.0. The second-order valence-corrected chi connectivity index (χ2v) is 14.0. The first-order valence-corrected chi connectivity index (χ1v) is 17.3. The smallest absolute Gasteiger partial charge is 0.102 e. The lowest BCUT2D eigenvalue weighted by molar-refractivity contribution is 1.64. The zero-order valence-electron chi connectivity index (χ0n) is 30.2. The average Bonchev–Trinajstić information content (AvgIpc) is 3.12. The first-order valence-electron chi connectivity index (χ1n) is 17.3. The van der Waals surface area contributed by atoms with Crippen LogP contribution in [0.15, 0.2) is 97.1 Å². The summed E-state index contributed by atoms with van der Waals surface area (Å²) in [5, 5.41) is 5.25. The topological polar surface area (TPSA) is 0 Å². The molecule has 0 spiro atoms. The van der Waals surface area contributed by atoms with Crippen LogP contribution in [-0.2, 0) is 0 Å². The molecule has 0 saturated heterocycles. The van der Waals surface area contributed by atoms with Crippen LogP contribution in [0.5, 0.6) is 0 Å². The molecular weight excluding hydrogens is 565 g/mol. The van der Waals surface area contributed by atoms with Crippen molar-refractivity contribution in [3.63, 3.8) is 0 Å². The zero-order valence-corrected chi connectivity index (χ0v) is 30.2. The van der Waals surface area contributed by atoms with E-state index in [0.717, 1.165) is 0 Å². The summed E-state index contributed by atoms with van der Waals surface area (Å²) in [6.07, 6.45) is 0. The van der Waals surface area contributed by atoms with Gasteiger partial charge in [0.2, 0.25) is 0 Å². The Labute approximate surface area is 295 Å². The minimum absolute atomic E-state index is 1.24. The molecule has 0 unspecified atom stereocenters. The highest BCUT2D eigenvalue weighted by molar-refractivity contribution is 6.70. The highest BCUT2D eigenvalue weighted by Gasteiger charge is 2.24. The maximum absolute atomic E-state index is 2.47. The van der Waals surface area contributed by atoms with Gasteiger partial charge in [-0.3, -0.25) is 0 Å². The van der Waals surface area contributed by atoms with E-state index in [0.29, 0.717) is 0 Å². The SMILES string of the molecule is Bc1c(B)c(B)c(-c2c3ccc(-c4ccccc4)cc3c(-c3c(B)c(B)c(B)c(B)c3B)c3ccc(-c4ccccc4)cc23)c(B)c1B. The lowest BCUT2D eigenvalue weighted by Gasteiger charge is -2.27. The normalized spacial score (nSPS) is 11.3. The fourth-order valence-electron chi connectivity index (χ4n) is 8.14. The van der Waals surface area contributed by atoms with Gasteiger partial charge in [0.15, 0.2) is 0 Å². The first-order chi connectivity index (χ1) is 23.0. The Morgan fingerprint density at radius 3 is 0.833 bits per heavy atom. The molecule has 0 amide bonds. The molecule has 0 heterocycles. The van der Waals surface area contributed by atoms with Gasteiger partial charge in [0.25, 0.3) is 0 Å². The molecule has 0 nitrogen and oxygen atoms in total. The van der Waals surface area contributed by atoms with Crippen LogP contribution >= 0.6 is 0 Å². The molecule has 0 atom stereocenters. The van der Waals surface area contributed by atoms with E-state index in [1.807, 2.05) is 0 Å². The van der Waals surface area contributed by atoms with Gasteiger partial charge in [0.1, 0.15) is 78.5 Å². The molecule has 0 aliphatic rings. The van der Waals surface area contributed by atoms with E-state index in [2.05, 4.69) is 176 Å². The van der Waals surface area contributed by atoms with Crippen LogP contribution in [0.25, 0.3) is 66.1 Å². The van der Waals surface area contributed by atoms with Crippen molar-refractivity contribution in [2.75, 3.05) is 0 Å². The Balaban J connectivity index is 1.76. The van der Waals surface area contributed by atoms with Crippen molar-refractivity contribution < 1.29 is 0 Å². The molecule has 0 saturated carbocycles. The third kappa shape index (κ3) is 4.99. The number of hydrogen-bond donors (Lipinski definition) is 0. The van der Waals surface area contributed by atoms with Crippen LogP contribution in [0.2, 0.25) is 0 Å². The summed E-state index contributed by atoms with van der Waals surface area (Å²) in [5.41, 5.74) is 24.2. The molecule has 0 fully saturated rings. The molecular formula is C38H36B10. The van der Waals surface area contributed by atoms with Crippen molar-refractivity contribution in [1.29, 1.82) is 0 Å². The quantitative estimate of drug-likeness (QED) is 0.139. The summed E-state index contributed by atoms with van der Waals surface area (Å²) >= 11 is 0. The van der Waals surface area contributed by atoms with Gasteiger partial charge < -0.3 is 0 Å². The van der Waals surface area contributed by atoms with Crippen molar-refractivity contribution in [3.05, 3.63) is 97.1 Å². The summed E-state index contributed by atoms with van der Waals surface area (Å²) in [6, 6.07) is 36.1. The van der Waals surface area contributed by atoms with Gasteiger partial charge in [-0.2, -0.15) is 0 Å². The van der Waals surface area contributed by atoms with E-state index in [1.54, 1.807) is 0 Å². The Hall–Kier alpha value is -4.29. The summed E-state index contributed by atoms with van der Waals surface area (Å²) < 4.78 is 0. The largest absolute Gasteiger partial charge is 0.139 e. The van der Waals surface area contributed by atoms with Crippen LogP contribution in [0, 0.1) is 0 Å². The van der Waals surface area contributed by atoms with Crippen LogP contribution in [0.4, 0.5) is 0 Å². The molecule has 0 aromatic heterocycles. The van der Waals surface area contributed by atoms with E-state index in [-0.39, 0.29) is 0 Å². The average molecular weight is 601 g/mol. The Morgan fingerprint density at radius 1 is 0.229 bits per heavy atom. The molecule has 7 aromatic carbocycles. The molecule has 0 aliphatic carbocycles. The molecule has 48 heavy (non-hydrogen) atoms. The van der Waals surface area contributed by atoms with Crippen LogP contribution in [0.1, 0.15) is 0 Å². The highest BCUT2D eigenvalue weighted by atomic mass is 14.2. The molecule has 7 rings (SSSR count). The minimum Gasteiger partial charge on any atom is -0.102 e. The molecule has 218 valence electrons. The van der Waals surface area contributed by atoms with Crippen molar-refractivity contribution in [2.45, 2.75) is 0 Å². The molecule has 0 bridgehead atoms. The number of hydrogen-bond acceptors (Lipinski definition) is 0.